The van der Waals surface area contributed by atoms with Crippen molar-refractivity contribution >= 4 is 34.7 Å². The average molecular weight is 587 g/mol. The molecular formula is C29H33F3N6O2S. The van der Waals surface area contributed by atoms with Crippen molar-refractivity contribution in [3.8, 4) is 17.6 Å². The van der Waals surface area contributed by atoms with Crippen molar-refractivity contribution in [2.24, 2.45) is 0 Å². The molecule has 4 heterocycles. The first-order chi connectivity index (χ1) is 19.6. The summed E-state index contributed by atoms with van der Waals surface area (Å²) >= 11 is -0.184. The van der Waals surface area contributed by atoms with Crippen LogP contribution in [0, 0.1) is 11.8 Å². The monoisotopic (exact) mass is 586 g/mol. The molecule has 0 spiro atoms. The van der Waals surface area contributed by atoms with E-state index in [-0.39, 0.29) is 40.8 Å². The van der Waals surface area contributed by atoms with Crippen LogP contribution in [0.4, 0.5) is 24.7 Å². The van der Waals surface area contributed by atoms with Crippen molar-refractivity contribution in [3.63, 3.8) is 0 Å². The van der Waals surface area contributed by atoms with Gasteiger partial charge in [-0.15, -0.1) is 0 Å². The van der Waals surface area contributed by atoms with Crippen LogP contribution in [0.25, 0.3) is 5.52 Å². The molecule has 0 radical (unpaired) electrons. The van der Waals surface area contributed by atoms with E-state index < -0.39 is 5.51 Å². The van der Waals surface area contributed by atoms with Gasteiger partial charge >= 0.3 is 5.51 Å². The highest BCUT2D eigenvalue weighted by Gasteiger charge is 2.34. The summed E-state index contributed by atoms with van der Waals surface area (Å²) in [6.07, 6.45) is 8.54. The van der Waals surface area contributed by atoms with Gasteiger partial charge in [0, 0.05) is 61.9 Å². The van der Waals surface area contributed by atoms with Crippen molar-refractivity contribution in [3.05, 3.63) is 47.8 Å². The number of alkyl halides is 3. The van der Waals surface area contributed by atoms with E-state index in [9.17, 15) is 18.0 Å². The Bertz CT molecular complexity index is 1480. The number of carbonyl (C=O) groups is 1. The summed E-state index contributed by atoms with van der Waals surface area (Å²) in [6, 6.07) is 7.72. The minimum Gasteiger partial charge on any atom is -0.495 e. The third-order valence-electron chi connectivity index (χ3n) is 7.46. The number of hydrogen-bond acceptors (Lipinski definition) is 7. The molecule has 3 atom stereocenters. The van der Waals surface area contributed by atoms with Crippen molar-refractivity contribution in [2.75, 3.05) is 38.4 Å². The molecule has 3 N–H and O–H groups in total. The van der Waals surface area contributed by atoms with Crippen molar-refractivity contribution in [1.82, 2.24) is 19.6 Å². The molecule has 2 bridgehead atoms. The molecule has 1 aromatic carbocycles. The Morgan fingerprint density at radius 3 is 2.83 bits per heavy atom. The summed E-state index contributed by atoms with van der Waals surface area (Å²) in [6.45, 7) is 0.152. The lowest BCUT2D eigenvalue weighted by Crippen LogP contribution is -2.55. The van der Waals surface area contributed by atoms with Gasteiger partial charge in [-0.2, -0.15) is 13.2 Å². The normalized spacial score (nSPS) is 20.2. The number of ether oxygens (including phenoxy) is 1. The van der Waals surface area contributed by atoms with Gasteiger partial charge in [0.1, 0.15) is 10.8 Å². The van der Waals surface area contributed by atoms with Gasteiger partial charge in [0.2, 0.25) is 0 Å². The zero-order chi connectivity index (χ0) is 29.1. The lowest BCUT2D eigenvalue weighted by Gasteiger charge is -2.42. The van der Waals surface area contributed by atoms with E-state index in [1.165, 1.54) is 41.6 Å². The fraction of sp³-hybridized carbons (Fsp3) is 0.448. The lowest BCUT2D eigenvalue weighted by atomic mass is 9.83. The van der Waals surface area contributed by atoms with Gasteiger partial charge in [0.05, 0.1) is 30.4 Å². The van der Waals surface area contributed by atoms with Gasteiger partial charge in [-0.1, -0.05) is 18.3 Å². The van der Waals surface area contributed by atoms with E-state index >= 15 is 0 Å². The van der Waals surface area contributed by atoms with Crippen LogP contribution in [-0.4, -0.2) is 71.6 Å². The topological polar surface area (TPSA) is 82.9 Å². The first kappa shape index (κ1) is 29.0. The Hall–Kier alpha value is -3.56. The molecule has 2 aliphatic heterocycles. The second kappa shape index (κ2) is 12.1. The molecule has 0 aliphatic carbocycles. The molecular weight excluding hydrogens is 553 g/mol. The number of nitrogens with one attached hydrogen (secondary N) is 3. The number of anilines is 2. The number of methoxy groups -OCH3 is 1. The largest absolute Gasteiger partial charge is 0.495 e. The Labute approximate surface area is 241 Å². The molecule has 5 rings (SSSR count). The number of hydrogen-bond donors (Lipinski definition) is 3. The summed E-state index contributed by atoms with van der Waals surface area (Å²) in [7, 11) is 4.83. The molecule has 8 nitrogen and oxygen atoms in total. The third-order valence-corrected chi connectivity index (χ3v) is 8.30. The molecule has 2 aromatic heterocycles. The number of aromatic nitrogens is 2. The second-order valence-corrected chi connectivity index (χ2v) is 11.5. The maximum atomic E-state index is 13.6. The zero-order valence-corrected chi connectivity index (χ0v) is 24.0. The van der Waals surface area contributed by atoms with Crippen LogP contribution in [0.5, 0.6) is 5.75 Å². The van der Waals surface area contributed by atoms with E-state index in [2.05, 4.69) is 32.8 Å². The SMILES string of the molecule is COc1cc(C(=O)N(C)C)ccc1NCC#Cc1cc2c(N[C@@H]3CC[C@@H]4CCC[C@H]3N4)nccn2c1SC(F)(F)F. The van der Waals surface area contributed by atoms with Crippen molar-refractivity contribution in [2.45, 2.75) is 60.8 Å². The van der Waals surface area contributed by atoms with Gasteiger partial charge in [0.25, 0.3) is 5.91 Å². The quantitative estimate of drug-likeness (QED) is 0.259. The molecule has 41 heavy (non-hydrogen) atoms. The number of nitrogens with zero attached hydrogens (tertiary/aromatic N) is 3. The average Bonchev–Trinajstić information content (AvgIpc) is 3.28. The fourth-order valence-corrected chi connectivity index (χ4v) is 6.23. The van der Waals surface area contributed by atoms with Crippen molar-refractivity contribution < 1.29 is 22.7 Å². The van der Waals surface area contributed by atoms with Crippen LogP contribution in [-0.2, 0) is 0 Å². The van der Waals surface area contributed by atoms with E-state index in [1.54, 1.807) is 38.4 Å². The molecule has 0 unspecified atom stereocenters. The minimum atomic E-state index is -4.48. The molecule has 0 saturated carbocycles. The Balaban J connectivity index is 1.38. The van der Waals surface area contributed by atoms with Gasteiger partial charge in [-0.05, 0) is 49.9 Å². The van der Waals surface area contributed by atoms with Gasteiger partial charge in [0.15, 0.2) is 5.82 Å². The van der Waals surface area contributed by atoms with Gasteiger partial charge in [-0.3, -0.25) is 4.79 Å². The minimum absolute atomic E-state index is 0.00548. The highest BCUT2D eigenvalue weighted by molar-refractivity contribution is 8.00. The van der Waals surface area contributed by atoms with E-state index in [0.29, 0.717) is 40.4 Å². The van der Waals surface area contributed by atoms with Crippen molar-refractivity contribution in [1.29, 1.82) is 0 Å². The fourth-order valence-electron chi connectivity index (χ4n) is 5.53. The van der Waals surface area contributed by atoms with E-state index in [1.807, 2.05) is 0 Å². The zero-order valence-electron chi connectivity index (χ0n) is 23.1. The first-order valence-electron chi connectivity index (χ1n) is 13.5. The molecule has 3 aromatic rings. The van der Waals surface area contributed by atoms with Crippen LogP contribution in [0.3, 0.4) is 0 Å². The Morgan fingerprint density at radius 1 is 1.24 bits per heavy atom. The summed E-state index contributed by atoms with van der Waals surface area (Å²) < 4.78 is 47.7. The smallest absolute Gasteiger partial charge is 0.447 e. The van der Waals surface area contributed by atoms with Gasteiger partial charge < -0.3 is 30.0 Å². The highest BCUT2D eigenvalue weighted by Crippen LogP contribution is 2.40. The van der Waals surface area contributed by atoms with Crippen LogP contribution < -0.4 is 20.7 Å². The van der Waals surface area contributed by atoms with E-state index in [0.717, 1.165) is 19.3 Å². The van der Waals surface area contributed by atoms with Crippen LogP contribution in [0.2, 0.25) is 0 Å². The predicted molar refractivity (Wildman–Crippen MR) is 155 cm³/mol. The number of fused-ring (bicyclic) bond motifs is 3. The number of piperidine rings is 2. The summed E-state index contributed by atoms with van der Waals surface area (Å²) in [5, 5.41) is 10.3. The van der Waals surface area contributed by atoms with E-state index in [4.69, 9.17) is 4.74 Å². The standard InChI is InChI=1S/C29H33F3N6O2S/c1-37(2)27(39)18-9-11-23(25(17-18)40-3)33-13-5-6-19-16-24-26(34-14-15-38(24)28(19)41-29(30,31)32)36-22-12-10-20-7-4-8-21(22)35-20/h9,11,14-17,20-22,33,35H,4,7-8,10,12-13H2,1-3H3,(H,34,36)/t20-,21+,22+/m0/s1. The Morgan fingerprint density at radius 2 is 2.07 bits per heavy atom. The van der Waals surface area contributed by atoms with Crippen LogP contribution in [0.1, 0.15) is 48.0 Å². The summed E-state index contributed by atoms with van der Waals surface area (Å²) in [5.41, 5.74) is -2.57. The molecule has 2 fully saturated rings. The predicted octanol–water partition coefficient (Wildman–Crippen LogP) is 5.21. The van der Waals surface area contributed by atoms with Crippen LogP contribution in [0.15, 0.2) is 41.7 Å². The number of rotatable bonds is 7. The summed E-state index contributed by atoms with van der Waals surface area (Å²) in [4.78, 5) is 18.2. The molecule has 1 amide bonds. The number of halogens is 3. The highest BCUT2D eigenvalue weighted by atomic mass is 32.2. The number of thioether (sulfide) groups is 1. The molecule has 2 aliphatic rings. The van der Waals surface area contributed by atoms with Crippen LogP contribution >= 0.6 is 11.8 Å². The summed E-state index contributed by atoms with van der Waals surface area (Å²) in [5.74, 6) is 6.72. The maximum absolute atomic E-state index is 13.6. The number of carbonyl (C=O) groups excluding carboxylic acids is 1. The third kappa shape index (κ3) is 6.68. The number of benzene rings is 1. The first-order valence-corrected chi connectivity index (χ1v) is 14.4. The lowest BCUT2D eigenvalue weighted by molar-refractivity contribution is -0.0329. The second-order valence-electron chi connectivity index (χ2n) is 10.4. The Kier molecular flexibility index (Phi) is 8.56. The van der Waals surface area contributed by atoms with Gasteiger partial charge in [-0.25, -0.2) is 4.98 Å². The molecule has 2 saturated heterocycles. The molecule has 12 heteroatoms. The molecule has 218 valence electrons. The maximum Gasteiger partial charge on any atom is 0.447 e. The number of amides is 1.